The number of aromatic amines is 1. The predicted octanol–water partition coefficient (Wildman–Crippen LogP) is 3.56. The van der Waals surface area contributed by atoms with Crippen LogP contribution in [-0.4, -0.2) is 23.5 Å². The highest BCUT2D eigenvalue weighted by molar-refractivity contribution is 7.10. The van der Waals surface area contributed by atoms with Crippen molar-refractivity contribution in [3.63, 3.8) is 0 Å². The van der Waals surface area contributed by atoms with Gasteiger partial charge in [-0.15, -0.1) is 11.3 Å². The van der Waals surface area contributed by atoms with Crippen LogP contribution in [0, 0.1) is 6.92 Å². The average Bonchev–Trinajstić information content (AvgIpc) is 2.90. The molecule has 5 heteroatoms. The molecule has 22 heavy (non-hydrogen) atoms. The fourth-order valence-electron chi connectivity index (χ4n) is 2.36. The Morgan fingerprint density at radius 2 is 2.18 bits per heavy atom. The lowest BCUT2D eigenvalue weighted by Gasteiger charge is -2.22. The molecule has 2 aromatic heterocycles. The summed E-state index contributed by atoms with van der Waals surface area (Å²) >= 11 is 1.80. The highest BCUT2D eigenvalue weighted by Crippen LogP contribution is 2.19. The quantitative estimate of drug-likeness (QED) is 0.809. The van der Waals surface area contributed by atoms with Gasteiger partial charge in [0.2, 0.25) is 5.43 Å². The number of hydrogen-bond acceptors (Lipinski definition) is 4. The first-order valence-electron chi connectivity index (χ1n) is 7.65. The van der Waals surface area contributed by atoms with Gasteiger partial charge in [-0.05, 0) is 36.9 Å². The Morgan fingerprint density at radius 1 is 1.36 bits per heavy atom. The molecule has 0 saturated carbocycles. The third-order valence-corrected chi connectivity index (χ3v) is 4.72. The molecule has 0 spiro atoms. The van der Waals surface area contributed by atoms with Crippen molar-refractivity contribution in [1.29, 1.82) is 0 Å². The largest absolute Gasteiger partial charge is 0.491 e. The van der Waals surface area contributed by atoms with Crippen LogP contribution in [0.2, 0.25) is 0 Å². The van der Waals surface area contributed by atoms with Crippen LogP contribution < -0.4 is 10.2 Å². The van der Waals surface area contributed by atoms with Gasteiger partial charge in [0.05, 0.1) is 7.11 Å². The molecule has 4 nitrogen and oxygen atoms in total. The van der Waals surface area contributed by atoms with Crippen LogP contribution in [0.5, 0.6) is 5.75 Å². The number of aromatic nitrogens is 1. The summed E-state index contributed by atoms with van der Waals surface area (Å²) in [4.78, 5) is 18.8. The van der Waals surface area contributed by atoms with Gasteiger partial charge in [0.25, 0.3) is 0 Å². The van der Waals surface area contributed by atoms with E-state index in [-0.39, 0.29) is 5.43 Å². The second-order valence-electron chi connectivity index (χ2n) is 5.48. The van der Waals surface area contributed by atoms with Crippen molar-refractivity contribution in [2.75, 3.05) is 13.7 Å². The van der Waals surface area contributed by atoms with Crippen LogP contribution >= 0.6 is 11.3 Å². The molecule has 2 aromatic rings. The minimum absolute atomic E-state index is 0.0704. The van der Waals surface area contributed by atoms with Crippen LogP contribution in [0.25, 0.3) is 0 Å². The van der Waals surface area contributed by atoms with Gasteiger partial charge in [-0.3, -0.25) is 9.69 Å². The Balaban J connectivity index is 2.10. The normalized spacial score (nSPS) is 11.1. The Morgan fingerprint density at radius 3 is 2.77 bits per heavy atom. The van der Waals surface area contributed by atoms with E-state index < -0.39 is 0 Å². The zero-order valence-electron chi connectivity index (χ0n) is 13.5. The fourth-order valence-corrected chi connectivity index (χ4v) is 3.30. The average molecular weight is 320 g/mol. The van der Waals surface area contributed by atoms with E-state index in [2.05, 4.69) is 35.2 Å². The van der Waals surface area contributed by atoms with Gasteiger partial charge in [0.1, 0.15) is 0 Å². The number of thiophene rings is 1. The molecule has 0 saturated heterocycles. The molecular weight excluding hydrogens is 296 g/mol. The molecule has 0 bridgehead atoms. The molecule has 0 fully saturated rings. The van der Waals surface area contributed by atoms with Gasteiger partial charge in [0.15, 0.2) is 5.75 Å². The molecule has 0 atom stereocenters. The molecule has 0 radical (unpaired) electrons. The van der Waals surface area contributed by atoms with E-state index in [1.54, 1.807) is 23.6 Å². The van der Waals surface area contributed by atoms with E-state index in [0.717, 1.165) is 31.7 Å². The van der Waals surface area contributed by atoms with Gasteiger partial charge >= 0.3 is 0 Å². The van der Waals surface area contributed by atoms with Gasteiger partial charge in [0, 0.05) is 35.9 Å². The minimum atomic E-state index is -0.0704. The van der Waals surface area contributed by atoms with Crippen LogP contribution in [-0.2, 0) is 13.1 Å². The van der Waals surface area contributed by atoms with Crippen molar-refractivity contribution >= 4 is 11.3 Å². The maximum Gasteiger partial charge on any atom is 0.223 e. The maximum absolute atomic E-state index is 11.9. The molecule has 0 amide bonds. The van der Waals surface area contributed by atoms with E-state index in [4.69, 9.17) is 4.74 Å². The Hall–Kier alpha value is -1.59. The SMILES string of the molecule is CCCCN(Cc1cc(=O)c(OC)c[nH]1)Cc1sccc1C. The lowest BCUT2D eigenvalue weighted by atomic mass is 10.2. The number of pyridine rings is 1. The number of nitrogens with zero attached hydrogens (tertiary/aromatic N) is 1. The van der Waals surface area contributed by atoms with E-state index >= 15 is 0 Å². The minimum Gasteiger partial charge on any atom is -0.491 e. The summed E-state index contributed by atoms with van der Waals surface area (Å²) in [6.45, 7) is 7.05. The third-order valence-electron chi connectivity index (χ3n) is 3.71. The number of rotatable bonds is 8. The fraction of sp³-hybridized carbons (Fsp3) is 0.471. The second-order valence-corrected chi connectivity index (χ2v) is 6.48. The zero-order valence-corrected chi connectivity index (χ0v) is 14.3. The number of hydrogen-bond donors (Lipinski definition) is 1. The summed E-state index contributed by atoms with van der Waals surface area (Å²) in [5, 5.41) is 2.14. The molecule has 2 rings (SSSR count). The smallest absolute Gasteiger partial charge is 0.223 e. The van der Waals surface area contributed by atoms with Crippen molar-refractivity contribution in [2.24, 2.45) is 0 Å². The molecule has 0 aliphatic carbocycles. The summed E-state index contributed by atoms with van der Waals surface area (Å²) < 4.78 is 5.02. The van der Waals surface area contributed by atoms with Crippen LogP contribution in [0.4, 0.5) is 0 Å². The number of H-pyrrole nitrogens is 1. The van der Waals surface area contributed by atoms with Crippen molar-refractivity contribution in [3.8, 4) is 5.75 Å². The molecular formula is C17H24N2O2S. The van der Waals surface area contributed by atoms with Gasteiger partial charge in [-0.2, -0.15) is 0 Å². The summed E-state index contributed by atoms with van der Waals surface area (Å²) in [5.41, 5.74) is 2.20. The summed E-state index contributed by atoms with van der Waals surface area (Å²) in [7, 11) is 1.51. The molecule has 0 aliphatic rings. The van der Waals surface area contributed by atoms with Crippen molar-refractivity contribution < 1.29 is 4.74 Å². The standard InChI is InChI=1S/C17H24N2O2S/c1-4-5-7-19(12-17-13(2)6-8-22-17)11-14-9-15(20)16(21-3)10-18-14/h6,8-10H,4-5,7,11-12H2,1-3H3,(H,18,20). The number of unbranched alkanes of at least 4 members (excludes halogenated alkanes) is 1. The Kier molecular flexibility index (Phi) is 6.21. The van der Waals surface area contributed by atoms with E-state index in [0.29, 0.717) is 5.75 Å². The molecule has 0 unspecified atom stereocenters. The predicted molar refractivity (Wildman–Crippen MR) is 91.7 cm³/mol. The van der Waals surface area contributed by atoms with Gasteiger partial charge in [-0.25, -0.2) is 0 Å². The highest BCUT2D eigenvalue weighted by Gasteiger charge is 2.11. The topological polar surface area (TPSA) is 45.3 Å². The lowest BCUT2D eigenvalue weighted by Crippen LogP contribution is -2.25. The van der Waals surface area contributed by atoms with Crippen LogP contribution in [0.15, 0.2) is 28.5 Å². The number of methoxy groups -OCH3 is 1. The number of ether oxygens (including phenoxy) is 1. The van der Waals surface area contributed by atoms with E-state index in [1.807, 2.05) is 0 Å². The van der Waals surface area contributed by atoms with Crippen molar-refractivity contribution in [2.45, 2.75) is 39.8 Å². The highest BCUT2D eigenvalue weighted by atomic mass is 32.1. The Bertz CT molecular complexity index is 648. The molecule has 120 valence electrons. The molecule has 2 heterocycles. The van der Waals surface area contributed by atoms with Crippen LogP contribution in [0.3, 0.4) is 0 Å². The first-order chi connectivity index (χ1) is 10.6. The summed E-state index contributed by atoms with van der Waals surface area (Å²) in [6, 6.07) is 3.80. The van der Waals surface area contributed by atoms with Crippen molar-refractivity contribution in [1.82, 2.24) is 9.88 Å². The first-order valence-corrected chi connectivity index (χ1v) is 8.53. The maximum atomic E-state index is 11.9. The molecule has 1 N–H and O–H groups in total. The zero-order chi connectivity index (χ0) is 15.9. The Labute approximate surface area is 135 Å². The lowest BCUT2D eigenvalue weighted by molar-refractivity contribution is 0.251. The molecule has 0 aromatic carbocycles. The summed E-state index contributed by atoms with van der Waals surface area (Å²) in [5.74, 6) is 0.359. The molecule has 0 aliphatic heterocycles. The van der Waals surface area contributed by atoms with E-state index in [9.17, 15) is 4.79 Å². The van der Waals surface area contributed by atoms with Gasteiger partial charge < -0.3 is 9.72 Å². The third kappa shape index (κ3) is 4.45. The number of aryl methyl sites for hydroxylation is 1. The number of nitrogens with one attached hydrogen (secondary N) is 1. The van der Waals surface area contributed by atoms with Crippen LogP contribution in [0.1, 0.15) is 35.9 Å². The monoisotopic (exact) mass is 320 g/mol. The van der Waals surface area contributed by atoms with Gasteiger partial charge in [-0.1, -0.05) is 13.3 Å². The first kappa shape index (κ1) is 16.8. The van der Waals surface area contributed by atoms with E-state index in [1.165, 1.54) is 24.0 Å². The summed E-state index contributed by atoms with van der Waals surface area (Å²) in [6.07, 6.45) is 3.97. The second kappa shape index (κ2) is 8.15. The van der Waals surface area contributed by atoms with Crippen molar-refractivity contribution in [3.05, 3.63) is 50.1 Å².